The zero-order chi connectivity index (χ0) is 19.5. The molecule has 9 heteroatoms. The van der Waals surface area contributed by atoms with E-state index in [0.717, 1.165) is 12.8 Å². The normalized spacial score (nSPS) is 22.6. The maximum absolute atomic E-state index is 13.1. The van der Waals surface area contributed by atoms with Gasteiger partial charge >= 0.3 is 0 Å². The zero-order valence-corrected chi connectivity index (χ0v) is 18.0. The molecule has 1 saturated heterocycles. The van der Waals surface area contributed by atoms with Crippen molar-refractivity contribution in [2.45, 2.75) is 37.3 Å². The van der Waals surface area contributed by atoms with E-state index in [4.69, 9.17) is 11.6 Å². The van der Waals surface area contributed by atoms with Crippen molar-refractivity contribution in [1.29, 1.82) is 0 Å². The number of nitrogens with zero attached hydrogens (tertiary/aromatic N) is 3. The van der Waals surface area contributed by atoms with Gasteiger partial charge in [0.25, 0.3) is 0 Å². The van der Waals surface area contributed by atoms with Gasteiger partial charge in [-0.15, -0.1) is 0 Å². The van der Waals surface area contributed by atoms with Crippen LogP contribution in [0.4, 0.5) is 0 Å². The van der Waals surface area contributed by atoms with Gasteiger partial charge in [0.1, 0.15) is 4.90 Å². The van der Waals surface area contributed by atoms with Gasteiger partial charge in [-0.05, 0) is 25.0 Å². The van der Waals surface area contributed by atoms with Crippen molar-refractivity contribution < 1.29 is 13.5 Å². The predicted octanol–water partition coefficient (Wildman–Crippen LogP) is 2.96. The van der Waals surface area contributed by atoms with Gasteiger partial charge in [0.15, 0.2) is 10.9 Å². The highest BCUT2D eigenvalue weighted by atomic mass is 35.5. The molecule has 1 fully saturated rings. The van der Waals surface area contributed by atoms with Gasteiger partial charge in [-0.1, -0.05) is 43.3 Å². The summed E-state index contributed by atoms with van der Waals surface area (Å²) < 4.78 is 27.7. The number of aliphatic imine (C=N–C) groups is 1. The number of sulfonamides is 1. The molecule has 1 heterocycles. The fourth-order valence-electron chi connectivity index (χ4n) is 2.95. The Hall–Kier alpha value is -0.800. The SMILES string of the molecule is CCCN(CCC)S(=O)(=O)c1cc(C2(O)CSC(=NC)N2C)ccc1Cl. The lowest BCUT2D eigenvalue weighted by Crippen LogP contribution is -2.42. The third-order valence-electron chi connectivity index (χ3n) is 4.39. The number of rotatable bonds is 7. The summed E-state index contributed by atoms with van der Waals surface area (Å²) in [6, 6.07) is 4.70. The highest BCUT2D eigenvalue weighted by Crippen LogP contribution is 2.39. The summed E-state index contributed by atoms with van der Waals surface area (Å²) in [7, 11) is -0.333. The summed E-state index contributed by atoms with van der Waals surface area (Å²) in [4.78, 5) is 5.84. The number of hydrogen-bond donors (Lipinski definition) is 1. The van der Waals surface area contributed by atoms with E-state index in [1.807, 2.05) is 13.8 Å². The Labute approximate surface area is 165 Å². The molecule has 0 bridgehead atoms. The molecule has 1 aromatic carbocycles. The summed E-state index contributed by atoms with van der Waals surface area (Å²) in [5, 5.41) is 12.0. The molecule has 1 atom stereocenters. The minimum absolute atomic E-state index is 0.0345. The van der Waals surface area contributed by atoms with Gasteiger partial charge in [-0.25, -0.2) is 8.42 Å². The molecule has 1 aliphatic heterocycles. The Morgan fingerprint density at radius 2 is 1.96 bits per heavy atom. The van der Waals surface area contributed by atoms with Crippen LogP contribution in [0.3, 0.4) is 0 Å². The second-order valence-electron chi connectivity index (χ2n) is 6.22. The molecule has 6 nitrogen and oxygen atoms in total. The largest absolute Gasteiger partial charge is 0.366 e. The first-order valence-electron chi connectivity index (χ1n) is 8.58. The maximum atomic E-state index is 13.1. The smallest absolute Gasteiger partial charge is 0.244 e. The average molecular weight is 420 g/mol. The monoisotopic (exact) mass is 419 g/mol. The molecule has 26 heavy (non-hydrogen) atoms. The molecular weight excluding hydrogens is 394 g/mol. The Kier molecular flexibility index (Phi) is 7.01. The van der Waals surface area contributed by atoms with Crippen LogP contribution in [0.2, 0.25) is 5.02 Å². The van der Waals surface area contributed by atoms with E-state index in [0.29, 0.717) is 29.6 Å². The van der Waals surface area contributed by atoms with Crippen LogP contribution >= 0.6 is 23.4 Å². The van der Waals surface area contributed by atoms with Crippen molar-refractivity contribution in [3.8, 4) is 0 Å². The van der Waals surface area contributed by atoms with E-state index in [-0.39, 0.29) is 9.92 Å². The second-order valence-corrected chi connectivity index (χ2v) is 9.48. The van der Waals surface area contributed by atoms with Crippen molar-refractivity contribution in [3.05, 3.63) is 28.8 Å². The molecule has 1 aromatic rings. The number of benzene rings is 1. The predicted molar refractivity (Wildman–Crippen MR) is 108 cm³/mol. The van der Waals surface area contributed by atoms with Crippen LogP contribution in [0.1, 0.15) is 32.3 Å². The zero-order valence-electron chi connectivity index (χ0n) is 15.6. The first kappa shape index (κ1) is 21.5. The Morgan fingerprint density at radius 3 is 2.46 bits per heavy atom. The third kappa shape index (κ3) is 3.89. The van der Waals surface area contributed by atoms with Crippen LogP contribution in [-0.2, 0) is 15.7 Å². The van der Waals surface area contributed by atoms with Crippen molar-refractivity contribution in [2.75, 3.05) is 32.9 Å². The standard InChI is InChI=1S/C17H26ClN3O3S2/c1-5-9-21(10-6-2)26(23,24)15-11-13(7-8-14(15)18)17(22)12-25-16(19-3)20(17)4/h7-8,11,22H,5-6,9-10,12H2,1-4H3. The lowest BCUT2D eigenvalue weighted by Gasteiger charge is -2.32. The molecular formula is C17H26ClN3O3S2. The highest BCUT2D eigenvalue weighted by molar-refractivity contribution is 8.14. The van der Waals surface area contributed by atoms with Crippen molar-refractivity contribution in [2.24, 2.45) is 4.99 Å². The van der Waals surface area contributed by atoms with Crippen LogP contribution in [-0.4, -0.2) is 60.8 Å². The minimum Gasteiger partial charge on any atom is -0.366 e. The van der Waals surface area contributed by atoms with Crippen LogP contribution in [0.5, 0.6) is 0 Å². The molecule has 0 aromatic heterocycles. The Balaban J connectivity index is 2.51. The van der Waals surface area contributed by atoms with Gasteiger partial charge in [0.2, 0.25) is 10.0 Å². The number of aliphatic hydroxyl groups is 1. The summed E-state index contributed by atoms with van der Waals surface area (Å²) in [6.45, 7) is 4.75. The molecule has 1 N–H and O–H groups in total. The second kappa shape index (κ2) is 8.48. The molecule has 1 aliphatic rings. The number of hydrogen-bond acceptors (Lipinski definition) is 5. The number of halogens is 1. The summed E-state index contributed by atoms with van der Waals surface area (Å²) in [6.07, 6.45) is 1.44. The lowest BCUT2D eigenvalue weighted by atomic mass is 10.0. The van der Waals surface area contributed by atoms with Gasteiger partial charge < -0.3 is 10.0 Å². The fourth-order valence-corrected chi connectivity index (χ4v) is 6.24. The van der Waals surface area contributed by atoms with Crippen molar-refractivity contribution in [1.82, 2.24) is 9.21 Å². The Bertz CT molecular complexity index is 779. The van der Waals surface area contributed by atoms with Crippen LogP contribution in [0.25, 0.3) is 0 Å². The topological polar surface area (TPSA) is 73.2 Å². The van der Waals surface area contributed by atoms with Gasteiger partial charge in [0, 0.05) is 32.7 Å². The fraction of sp³-hybridized carbons (Fsp3) is 0.588. The van der Waals surface area contributed by atoms with Crippen LogP contribution in [0, 0.1) is 0 Å². The first-order chi connectivity index (χ1) is 12.2. The molecule has 1 unspecified atom stereocenters. The molecule has 0 amide bonds. The maximum Gasteiger partial charge on any atom is 0.244 e. The molecule has 0 radical (unpaired) electrons. The van der Waals surface area contributed by atoms with E-state index >= 15 is 0 Å². The van der Waals surface area contributed by atoms with Crippen molar-refractivity contribution in [3.63, 3.8) is 0 Å². The average Bonchev–Trinajstić information content (AvgIpc) is 2.90. The van der Waals surface area contributed by atoms with E-state index in [1.54, 1.807) is 25.1 Å². The summed E-state index contributed by atoms with van der Waals surface area (Å²) in [5.41, 5.74) is -0.837. The summed E-state index contributed by atoms with van der Waals surface area (Å²) in [5.74, 6) is 0.366. The quantitative estimate of drug-likeness (QED) is 0.735. The first-order valence-corrected chi connectivity index (χ1v) is 11.4. The van der Waals surface area contributed by atoms with Gasteiger partial charge in [-0.2, -0.15) is 4.31 Å². The molecule has 0 saturated carbocycles. The van der Waals surface area contributed by atoms with Gasteiger partial charge in [-0.3, -0.25) is 4.99 Å². The van der Waals surface area contributed by atoms with E-state index < -0.39 is 15.7 Å². The Morgan fingerprint density at radius 1 is 1.35 bits per heavy atom. The third-order valence-corrected chi connectivity index (χ3v) is 8.03. The van der Waals surface area contributed by atoms with Gasteiger partial charge in [0.05, 0.1) is 10.8 Å². The minimum atomic E-state index is -3.74. The molecule has 146 valence electrons. The van der Waals surface area contributed by atoms with E-state index in [2.05, 4.69) is 4.99 Å². The van der Waals surface area contributed by atoms with E-state index in [9.17, 15) is 13.5 Å². The molecule has 0 aliphatic carbocycles. The van der Waals surface area contributed by atoms with Crippen LogP contribution < -0.4 is 0 Å². The lowest BCUT2D eigenvalue weighted by molar-refractivity contribution is -0.0349. The number of thioether (sulfide) groups is 1. The molecule has 0 spiro atoms. The number of amidine groups is 1. The molecule has 2 rings (SSSR count). The van der Waals surface area contributed by atoms with Crippen LogP contribution in [0.15, 0.2) is 28.1 Å². The van der Waals surface area contributed by atoms with Crippen molar-refractivity contribution >= 4 is 38.6 Å². The summed E-state index contributed by atoms with van der Waals surface area (Å²) >= 11 is 7.66. The van der Waals surface area contributed by atoms with E-state index in [1.165, 1.54) is 28.2 Å². The highest BCUT2D eigenvalue weighted by Gasteiger charge is 2.43.